The van der Waals surface area contributed by atoms with Crippen LogP contribution < -0.4 is 10.6 Å². The van der Waals surface area contributed by atoms with Crippen LogP contribution >= 0.6 is 62.8 Å². The first-order valence-corrected chi connectivity index (χ1v) is 8.15. The molecule has 114 valence electrons. The van der Waals surface area contributed by atoms with Gasteiger partial charge < -0.3 is 10.6 Å². The fraction of sp³-hybridized carbons (Fsp3) is 0.214. The summed E-state index contributed by atoms with van der Waals surface area (Å²) in [5.74, 6) is 0.761. The van der Waals surface area contributed by atoms with E-state index in [0.29, 0.717) is 6.54 Å². The molecule has 3 nitrogen and oxygen atoms in total. The van der Waals surface area contributed by atoms with Crippen molar-refractivity contribution in [1.29, 1.82) is 0 Å². The fourth-order valence-electron chi connectivity index (χ4n) is 1.65. The number of aliphatic imine (C=N–C) groups is 1. The van der Waals surface area contributed by atoms with E-state index in [1.54, 1.807) is 18.4 Å². The Morgan fingerprint density at radius 3 is 2.67 bits per heavy atom. The molecule has 0 amide bonds. The number of rotatable bonds is 4. The number of hydrogen-bond donors (Lipinski definition) is 2. The summed E-state index contributed by atoms with van der Waals surface area (Å²) < 4.78 is 0.978. The molecule has 2 N–H and O–H groups in total. The van der Waals surface area contributed by atoms with Gasteiger partial charge in [0.15, 0.2) is 5.96 Å². The van der Waals surface area contributed by atoms with Crippen LogP contribution in [-0.4, -0.2) is 13.0 Å². The minimum atomic E-state index is 0. The van der Waals surface area contributed by atoms with E-state index in [0.717, 1.165) is 27.6 Å². The van der Waals surface area contributed by atoms with Crippen molar-refractivity contribution in [3.05, 3.63) is 55.6 Å². The molecule has 0 atom stereocenters. The van der Waals surface area contributed by atoms with Crippen LogP contribution in [0.5, 0.6) is 0 Å². The van der Waals surface area contributed by atoms with E-state index in [1.807, 2.05) is 24.3 Å². The molecule has 0 spiro atoms. The van der Waals surface area contributed by atoms with Crippen LogP contribution in [0.3, 0.4) is 0 Å². The molecule has 1 aromatic heterocycles. The number of halogens is 3. The van der Waals surface area contributed by atoms with Gasteiger partial charge >= 0.3 is 0 Å². The van der Waals surface area contributed by atoms with E-state index in [9.17, 15) is 0 Å². The second-order valence-corrected chi connectivity index (χ2v) is 6.45. The quantitative estimate of drug-likeness (QED) is 0.364. The summed E-state index contributed by atoms with van der Waals surface area (Å²) in [4.78, 5) is 5.47. The summed E-state index contributed by atoms with van der Waals surface area (Å²) in [6.07, 6.45) is 0. The monoisotopic (exact) mass is 499 g/mol. The molecule has 2 aromatic rings. The molecule has 0 bridgehead atoms. The summed E-state index contributed by atoms with van der Waals surface area (Å²) >= 11 is 11.3. The van der Waals surface area contributed by atoms with Gasteiger partial charge in [0.25, 0.3) is 0 Å². The van der Waals surface area contributed by atoms with Gasteiger partial charge in [-0.3, -0.25) is 4.99 Å². The molecule has 7 heteroatoms. The molecule has 21 heavy (non-hydrogen) atoms. The van der Waals surface area contributed by atoms with Gasteiger partial charge in [-0.05, 0) is 29.1 Å². The van der Waals surface area contributed by atoms with Gasteiger partial charge in [0, 0.05) is 28.0 Å². The number of thiophene rings is 1. The molecule has 0 saturated heterocycles. The maximum atomic E-state index is 6.19. The number of nitrogens with one attached hydrogen (secondary N) is 2. The van der Waals surface area contributed by atoms with Crippen LogP contribution in [0.4, 0.5) is 0 Å². The fourth-order valence-corrected chi connectivity index (χ4v) is 3.03. The van der Waals surface area contributed by atoms with Gasteiger partial charge in [-0.25, -0.2) is 0 Å². The van der Waals surface area contributed by atoms with E-state index in [1.165, 1.54) is 4.88 Å². The van der Waals surface area contributed by atoms with Crippen LogP contribution in [0.1, 0.15) is 10.4 Å². The molecule has 0 saturated carbocycles. The molecular weight excluding hydrogens is 485 g/mol. The largest absolute Gasteiger partial charge is 0.352 e. The molecule has 0 aliphatic rings. The van der Waals surface area contributed by atoms with E-state index in [-0.39, 0.29) is 24.0 Å². The molecule has 2 rings (SSSR count). The predicted octanol–water partition coefficient (Wildman–Crippen LogP) is 4.65. The zero-order valence-corrected chi connectivity index (χ0v) is 16.9. The SMILES string of the molecule is CN=C(NCc1cccs1)NCc1ccc(Br)cc1Cl.I. The van der Waals surface area contributed by atoms with Gasteiger partial charge in [-0.1, -0.05) is 39.7 Å². The van der Waals surface area contributed by atoms with Crippen molar-refractivity contribution < 1.29 is 0 Å². The number of nitrogens with zero attached hydrogens (tertiary/aromatic N) is 1. The third-order valence-corrected chi connectivity index (χ3v) is 4.42. The van der Waals surface area contributed by atoms with Crippen molar-refractivity contribution in [2.75, 3.05) is 7.05 Å². The van der Waals surface area contributed by atoms with Gasteiger partial charge in [-0.15, -0.1) is 35.3 Å². The van der Waals surface area contributed by atoms with Crippen LogP contribution in [-0.2, 0) is 13.1 Å². The lowest BCUT2D eigenvalue weighted by molar-refractivity contribution is 0.815. The minimum Gasteiger partial charge on any atom is -0.352 e. The van der Waals surface area contributed by atoms with E-state index in [2.05, 4.69) is 43.0 Å². The predicted molar refractivity (Wildman–Crippen MR) is 106 cm³/mol. The van der Waals surface area contributed by atoms with Gasteiger partial charge in [-0.2, -0.15) is 0 Å². The third-order valence-electron chi connectivity index (χ3n) is 2.70. The normalized spacial score (nSPS) is 10.9. The first kappa shape index (κ1) is 18.7. The second-order valence-electron chi connectivity index (χ2n) is 4.09. The van der Waals surface area contributed by atoms with Crippen LogP contribution in [0.2, 0.25) is 5.02 Å². The maximum absolute atomic E-state index is 6.19. The molecule has 0 unspecified atom stereocenters. The van der Waals surface area contributed by atoms with Crippen LogP contribution in [0, 0.1) is 0 Å². The van der Waals surface area contributed by atoms with Gasteiger partial charge in [0.2, 0.25) is 0 Å². The highest BCUT2D eigenvalue weighted by Gasteiger charge is 2.03. The van der Waals surface area contributed by atoms with Crippen LogP contribution in [0.15, 0.2) is 45.2 Å². The van der Waals surface area contributed by atoms with Crippen molar-refractivity contribution in [3.63, 3.8) is 0 Å². The maximum Gasteiger partial charge on any atom is 0.191 e. The lowest BCUT2D eigenvalue weighted by Gasteiger charge is -2.12. The van der Waals surface area contributed by atoms with Gasteiger partial charge in [0.05, 0.1) is 6.54 Å². The Kier molecular flexibility index (Phi) is 8.62. The summed E-state index contributed by atoms with van der Waals surface area (Å²) in [6.45, 7) is 1.40. The summed E-state index contributed by atoms with van der Waals surface area (Å²) in [7, 11) is 1.76. The highest BCUT2D eigenvalue weighted by atomic mass is 127. The first-order chi connectivity index (χ1) is 9.69. The lowest BCUT2D eigenvalue weighted by atomic mass is 10.2. The van der Waals surface area contributed by atoms with Gasteiger partial charge in [0.1, 0.15) is 0 Å². The Morgan fingerprint density at radius 2 is 2.05 bits per heavy atom. The second kappa shape index (κ2) is 9.66. The Balaban J connectivity index is 0.00000220. The van der Waals surface area contributed by atoms with Crippen molar-refractivity contribution in [1.82, 2.24) is 10.6 Å². The number of hydrogen-bond acceptors (Lipinski definition) is 2. The van der Waals surface area contributed by atoms with Crippen molar-refractivity contribution in [2.24, 2.45) is 4.99 Å². The van der Waals surface area contributed by atoms with E-state index in [4.69, 9.17) is 11.6 Å². The molecule has 1 heterocycles. The average molecular weight is 501 g/mol. The summed E-state index contributed by atoms with van der Waals surface area (Å²) in [5, 5.41) is 9.32. The molecule has 0 aliphatic carbocycles. The molecule has 1 aromatic carbocycles. The highest BCUT2D eigenvalue weighted by Crippen LogP contribution is 2.21. The van der Waals surface area contributed by atoms with Crippen molar-refractivity contribution >= 4 is 68.8 Å². The standard InChI is InChI=1S/C14H15BrClN3S.HI/c1-17-14(19-9-12-3-2-6-20-12)18-8-10-4-5-11(15)7-13(10)16;/h2-7H,8-9H2,1H3,(H2,17,18,19);1H. The number of benzene rings is 1. The Bertz CT molecular complexity index is 590. The molecule has 0 fully saturated rings. The molecule has 0 radical (unpaired) electrons. The average Bonchev–Trinajstić information content (AvgIpc) is 2.94. The van der Waals surface area contributed by atoms with E-state index < -0.39 is 0 Å². The first-order valence-electron chi connectivity index (χ1n) is 6.10. The summed E-state index contributed by atoms with van der Waals surface area (Å²) in [6, 6.07) is 9.99. The zero-order chi connectivity index (χ0) is 14.4. The minimum absolute atomic E-state index is 0. The zero-order valence-electron chi connectivity index (χ0n) is 11.4. The van der Waals surface area contributed by atoms with Crippen molar-refractivity contribution in [2.45, 2.75) is 13.1 Å². The Hall–Kier alpha value is -0.310. The molecule has 0 aliphatic heterocycles. The van der Waals surface area contributed by atoms with Crippen molar-refractivity contribution in [3.8, 4) is 0 Å². The smallest absolute Gasteiger partial charge is 0.191 e. The third kappa shape index (κ3) is 6.14. The number of guanidine groups is 1. The lowest BCUT2D eigenvalue weighted by Crippen LogP contribution is -2.36. The Labute approximate surface area is 159 Å². The topological polar surface area (TPSA) is 36.4 Å². The summed E-state index contributed by atoms with van der Waals surface area (Å²) in [5.41, 5.74) is 1.04. The Morgan fingerprint density at radius 1 is 1.29 bits per heavy atom. The molecular formula is C14H16BrClIN3S. The van der Waals surface area contributed by atoms with Crippen LogP contribution in [0.25, 0.3) is 0 Å². The highest BCUT2D eigenvalue weighted by molar-refractivity contribution is 14.0. The van der Waals surface area contributed by atoms with E-state index >= 15 is 0 Å².